The van der Waals surface area contributed by atoms with E-state index in [1.165, 1.54) is 17.2 Å². The maximum absolute atomic E-state index is 14.4. The van der Waals surface area contributed by atoms with E-state index < -0.39 is 22.1 Å². The Hall–Kier alpha value is -3.00. The van der Waals surface area contributed by atoms with Crippen molar-refractivity contribution in [1.29, 1.82) is 0 Å². The molecule has 0 spiro atoms. The molecule has 0 aromatic heterocycles. The summed E-state index contributed by atoms with van der Waals surface area (Å²) in [6.45, 7) is 5.35. The number of hydrogen-bond donors (Lipinski definition) is 2. The van der Waals surface area contributed by atoms with Gasteiger partial charge in [0.1, 0.15) is 5.75 Å². The van der Waals surface area contributed by atoms with Gasteiger partial charge in [0.05, 0.1) is 16.9 Å². The lowest BCUT2D eigenvalue weighted by Crippen LogP contribution is -2.50. The van der Waals surface area contributed by atoms with Gasteiger partial charge in [-0.2, -0.15) is 8.42 Å². The summed E-state index contributed by atoms with van der Waals surface area (Å²) >= 11 is 0. The molecule has 0 radical (unpaired) electrons. The second-order valence-corrected chi connectivity index (χ2v) is 13.4. The van der Waals surface area contributed by atoms with Gasteiger partial charge in [0.25, 0.3) is 10.1 Å². The summed E-state index contributed by atoms with van der Waals surface area (Å²) < 4.78 is 40.2. The van der Waals surface area contributed by atoms with Gasteiger partial charge in [-0.3, -0.25) is 9.35 Å². The summed E-state index contributed by atoms with van der Waals surface area (Å²) in [5.74, 6) is -1.17. The normalized spacial score (nSPS) is 27.2. The Labute approximate surface area is 236 Å². The van der Waals surface area contributed by atoms with Crippen molar-refractivity contribution in [1.82, 2.24) is 0 Å². The smallest absolute Gasteiger partial charge is 0.315 e. The minimum atomic E-state index is -4.44. The highest BCUT2D eigenvalue weighted by atomic mass is 32.2. The summed E-state index contributed by atoms with van der Waals surface area (Å²) in [7, 11) is -4.44. The molecule has 7 heteroatoms. The van der Waals surface area contributed by atoms with Gasteiger partial charge in [-0.1, -0.05) is 75.2 Å². The number of hydrogen-bond acceptors (Lipinski definition) is 5. The summed E-state index contributed by atoms with van der Waals surface area (Å²) in [5, 5.41) is 11.3. The molecular weight excluding hydrogens is 524 g/mol. The van der Waals surface area contributed by atoms with Gasteiger partial charge < -0.3 is 9.84 Å². The molecule has 40 heavy (non-hydrogen) atoms. The molecule has 0 aliphatic heterocycles. The Kier molecular flexibility index (Phi) is 6.88. The van der Waals surface area contributed by atoms with Crippen molar-refractivity contribution in [3.8, 4) is 5.75 Å². The van der Waals surface area contributed by atoms with E-state index in [4.69, 9.17) is 4.74 Å². The Morgan fingerprint density at radius 1 is 0.900 bits per heavy atom. The third-order valence-electron chi connectivity index (χ3n) is 9.46. The Morgan fingerprint density at radius 3 is 1.98 bits per heavy atom. The molecule has 4 aliphatic carbocycles. The van der Waals surface area contributed by atoms with Crippen LogP contribution in [0, 0.1) is 24.7 Å². The van der Waals surface area contributed by atoms with Gasteiger partial charge in [0.15, 0.2) is 0 Å². The van der Waals surface area contributed by atoms with Crippen molar-refractivity contribution in [2.45, 2.75) is 75.2 Å². The van der Waals surface area contributed by atoms with Gasteiger partial charge in [0, 0.05) is 11.8 Å². The van der Waals surface area contributed by atoms with Gasteiger partial charge in [-0.15, -0.1) is 0 Å². The SMILES string of the molecule is Cc1cc(S(=O)(=O)O)c(C(C)C)cc1OC(=O)C1C2c3ccccc3C(c3ccccc32)C1C1CCCCC1O. The van der Waals surface area contributed by atoms with Crippen molar-refractivity contribution >= 4 is 16.1 Å². The van der Waals surface area contributed by atoms with E-state index in [1.54, 1.807) is 13.0 Å². The molecular formula is C33H36O6S. The average molecular weight is 561 g/mol. The first-order chi connectivity index (χ1) is 19.1. The fourth-order valence-corrected chi connectivity index (χ4v) is 8.67. The van der Waals surface area contributed by atoms with Crippen LogP contribution in [0.1, 0.15) is 90.7 Å². The van der Waals surface area contributed by atoms with Crippen molar-refractivity contribution in [3.63, 3.8) is 0 Å². The molecule has 4 aliphatic rings. The van der Waals surface area contributed by atoms with Crippen LogP contribution in [-0.4, -0.2) is 30.2 Å². The number of carbonyl (C=O) groups is 1. The topological polar surface area (TPSA) is 101 Å². The zero-order valence-corrected chi connectivity index (χ0v) is 23.9. The number of benzene rings is 3. The van der Waals surface area contributed by atoms with Gasteiger partial charge >= 0.3 is 5.97 Å². The lowest BCUT2D eigenvalue weighted by atomic mass is 9.50. The number of carbonyl (C=O) groups excluding carboxylic acids is 1. The Bertz CT molecular complexity index is 1530. The van der Waals surface area contributed by atoms with Gasteiger partial charge in [-0.25, -0.2) is 0 Å². The molecule has 0 saturated heterocycles. The highest BCUT2D eigenvalue weighted by Gasteiger charge is 2.56. The zero-order chi connectivity index (χ0) is 28.3. The molecule has 1 saturated carbocycles. The van der Waals surface area contributed by atoms with Gasteiger partial charge in [-0.05, 0) is 83.0 Å². The van der Waals surface area contributed by atoms with Crippen LogP contribution in [0.3, 0.4) is 0 Å². The highest BCUT2D eigenvalue weighted by molar-refractivity contribution is 7.85. The van der Waals surface area contributed by atoms with E-state index in [-0.39, 0.29) is 40.5 Å². The minimum absolute atomic E-state index is 0.0260. The fourth-order valence-electron chi connectivity index (χ4n) is 7.75. The highest BCUT2D eigenvalue weighted by Crippen LogP contribution is 2.61. The fraction of sp³-hybridized carbons (Fsp3) is 0.424. The largest absolute Gasteiger partial charge is 0.426 e. The van der Waals surface area contributed by atoms with E-state index >= 15 is 0 Å². The quantitative estimate of drug-likeness (QED) is 0.214. The maximum Gasteiger partial charge on any atom is 0.315 e. The molecule has 2 N–H and O–H groups in total. The molecule has 1 fully saturated rings. The van der Waals surface area contributed by atoms with Crippen molar-refractivity contribution < 1.29 is 27.6 Å². The lowest BCUT2D eigenvalue weighted by molar-refractivity contribution is -0.145. The maximum atomic E-state index is 14.4. The predicted molar refractivity (Wildman–Crippen MR) is 152 cm³/mol. The van der Waals surface area contributed by atoms with Gasteiger partial charge in [0.2, 0.25) is 0 Å². The second-order valence-electron chi connectivity index (χ2n) is 12.0. The van der Waals surface area contributed by atoms with Crippen LogP contribution >= 0.6 is 0 Å². The van der Waals surface area contributed by atoms with E-state index in [0.717, 1.165) is 36.8 Å². The molecule has 3 aromatic carbocycles. The number of esters is 1. The van der Waals surface area contributed by atoms with E-state index in [0.29, 0.717) is 16.9 Å². The van der Waals surface area contributed by atoms with Crippen LogP contribution in [0.5, 0.6) is 5.75 Å². The first kappa shape index (κ1) is 27.2. The first-order valence-electron chi connectivity index (χ1n) is 14.3. The molecule has 0 amide bonds. The Balaban J connectivity index is 1.48. The standard InChI is InChI=1S/C33H36O6S/c1-18(2)25-17-27(19(3)16-28(25)40(36,37)38)39-33(35)32-30-22-12-6-4-10-20(22)29(21-11-5-7-13-23(21)30)31(32)24-14-8-9-15-26(24)34/h4-7,10-13,16-18,24,26,29-32,34H,8-9,14-15H2,1-3H3,(H,36,37,38). The van der Waals surface area contributed by atoms with Crippen LogP contribution in [0.2, 0.25) is 0 Å². The Morgan fingerprint density at radius 2 is 1.45 bits per heavy atom. The predicted octanol–water partition coefficient (Wildman–Crippen LogP) is 6.35. The minimum Gasteiger partial charge on any atom is -0.426 e. The molecule has 4 unspecified atom stereocenters. The number of aliphatic hydroxyl groups is 1. The summed E-state index contributed by atoms with van der Waals surface area (Å²) in [6, 6.07) is 19.7. The van der Waals surface area contributed by atoms with E-state index in [9.17, 15) is 22.9 Å². The average Bonchev–Trinajstić information content (AvgIpc) is 2.93. The third kappa shape index (κ3) is 4.39. The number of rotatable bonds is 5. The summed E-state index contributed by atoms with van der Waals surface area (Å²) in [4.78, 5) is 14.2. The molecule has 7 rings (SSSR count). The number of aliphatic hydroxyl groups excluding tert-OH is 1. The molecule has 3 aromatic rings. The summed E-state index contributed by atoms with van der Waals surface area (Å²) in [6.07, 6.45) is 3.13. The third-order valence-corrected chi connectivity index (χ3v) is 10.4. The van der Waals surface area contributed by atoms with Crippen LogP contribution < -0.4 is 4.74 Å². The van der Waals surface area contributed by atoms with E-state index in [2.05, 4.69) is 36.4 Å². The second kappa shape index (κ2) is 10.1. The van der Waals surface area contributed by atoms with Crippen LogP contribution in [0.25, 0.3) is 0 Å². The van der Waals surface area contributed by atoms with Crippen LogP contribution in [0.4, 0.5) is 0 Å². The lowest BCUT2D eigenvalue weighted by Gasteiger charge is -2.53. The molecule has 6 nitrogen and oxygen atoms in total. The van der Waals surface area contributed by atoms with E-state index in [1.807, 2.05) is 26.0 Å². The summed E-state index contributed by atoms with van der Waals surface area (Å²) in [5.41, 5.74) is 5.59. The van der Waals surface area contributed by atoms with Crippen LogP contribution in [-0.2, 0) is 14.9 Å². The first-order valence-corrected chi connectivity index (χ1v) is 15.7. The molecule has 2 bridgehead atoms. The van der Waals surface area contributed by atoms with Crippen molar-refractivity contribution in [3.05, 3.63) is 94.0 Å². The zero-order valence-electron chi connectivity index (χ0n) is 23.1. The van der Waals surface area contributed by atoms with Crippen molar-refractivity contribution in [2.24, 2.45) is 17.8 Å². The number of aryl methyl sites for hydroxylation is 1. The molecule has 0 heterocycles. The molecule has 4 atom stereocenters. The number of ether oxygens (including phenoxy) is 1. The van der Waals surface area contributed by atoms with Crippen molar-refractivity contribution in [2.75, 3.05) is 0 Å². The number of fused-ring (bicyclic) bond motifs is 1. The monoisotopic (exact) mass is 560 g/mol. The molecule has 210 valence electrons. The van der Waals surface area contributed by atoms with Crippen LogP contribution in [0.15, 0.2) is 65.6 Å².